The molecule has 156 valence electrons. The first-order valence-corrected chi connectivity index (χ1v) is 11.6. The molecule has 0 bridgehead atoms. The van der Waals surface area contributed by atoms with Gasteiger partial charge in [0.25, 0.3) is 15.9 Å². The van der Waals surface area contributed by atoms with Crippen LogP contribution >= 0.6 is 22.9 Å². The Morgan fingerprint density at radius 2 is 1.97 bits per heavy atom. The maximum Gasteiger partial charge on any atom is 0.265 e. The summed E-state index contributed by atoms with van der Waals surface area (Å²) in [5.41, 5.74) is 3.82. The summed E-state index contributed by atoms with van der Waals surface area (Å²) in [4.78, 5) is 13.0. The van der Waals surface area contributed by atoms with E-state index in [0.29, 0.717) is 12.1 Å². The zero-order valence-electron chi connectivity index (χ0n) is 16.4. The van der Waals surface area contributed by atoms with Crippen LogP contribution in [0.2, 0.25) is 5.02 Å². The van der Waals surface area contributed by atoms with Crippen LogP contribution in [0.25, 0.3) is 0 Å². The maximum atomic E-state index is 13.0. The number of Topliss-reactive ketones (excluding diaryl/α,β-unsaturated/α-hetero) is 1. The zero-order valence-corrected chi connectivity index (χ0v) is 18.8. The molecule has 0 fully saturated rings. The molecule has 7 nitrogen and oxygen atoms in total. The monoisotopic (exact) mass is 463 g/mol. The Labute approximate surface area is 183 Å². The molecule has 0 atom stereocenters. The SMILES string of the molecule is Cc1cc(CC#N)cc(C)c1CC(=O)c1sccc1S(=O)(=O)Nc1onc(C)c1Cl. The number of nitrogens with zero attached hydrogens (tertiary/aromatic N) is 2. The van der Waals surface area contributed by atoms with Crippen molar-refractivity contribution in [3.05, 3.63) is 61.4 Å². The number of rotatable bonds is 7. The third-order valence-electron chi connectivity index (χ3n) is 4.57. The summed E-state index contributed by atoms with van der Waals surface area (Å²) in [6.45, 7) is 5.33. The van der Waals surface area contributed by atoms with Gasteiger partial charge in [0.2, 0.25) is 0 Å². The van der Waals surface area contributed by atoms with Crippen LogP contribution in [0.4, 0.5) is 5.88 Å². The van der Waals surface area contributed by atoms with Crippen LogP contribution in [0.1, 0.15) is 37.6 Å². The molecular weight excluding hydrogens is 446 g/mol. The molecule has 3 rings (SSSR count). The molecule has 10 heteroatoms. The second kappa shape index (κ2) is 8.60. The number of halogens is 1. The number of anilines is 1. The summed E-state index contributed by atoms with van der Waals surface area (Å²) in [5, 5.41) is 14.1. The quantitative estimate of drug-likeness (QED) is 0.512. The Morgan fingerprint density at radius 3 is 2.53 bits per heavy atom. The number of sulfonamides is 1. The van der Waals surface area contributed by atoms with Crippen LogP contribution in [-0.4, -0.2) is 19.4 Å². The molecule has 3 aromatic rings. The second-order valence-electron chi connectivity index (χ2n) is 6.77. The highest BCUT2D eigenvalue weighted by molar-refractivity contribution is 7.93. The number of ketones is 1. The van der Waals surface area contributed by atoms with Gasteiger partial charge in [0.05, 0.1) is 17.4 Å². The first-order chi connectivity index (χ1) is 14.1. The van der Waals surface area contributed by atoms with Crippen LogP contribution in [0, 0.1) is 32.1 Å². The summed E-state index contributed by atoms with van der Waals surface area (Å²) in [7, 11) is -4.10. The highest BCUT2D eigenvalue weighted by atomic mass is 35.5. The van der Waals surface area contributed by atoms with Crippen molar-refractivity contribution in [3.63, 3.8) is 0 Å². The highest BCUT2D eigenvalue weighted by Gasteiger charge is 2.27. The van der Waals surface area contributed by atoms with Gasteiger partial charge in [0.1, 0.15) is 15.6 Å². The van der Waals surface area contributed by atoms with E-state index in [0.717, 1.165) is 33.6 Å². The van der Waals surface area contributed by atoms with Crippen molar-refractivity contribution in [1.29, 1.82) is 5.26 Å². The van der Waals surface area contributed by atoms with Gasteiger partial charge in [-0.3, -0.25) is 4.79 Å². The summed E-state index contributed by atoms with van der Waals surface area (Å²) in [6.07, 6.45) is 0.342. The minimum Gasteiger partial charge on any atom is -0.336 e. The van der Waals surface area contributed by atoms with Crippen molar-refractivity contribution < 1.29 is 17.7 Å². The van der Waals surface area contributed by atoms with E-state index >= 15 is 0 Å². The molecular formula is C20H18ClN3O4S2. The normalized spacial score (nSPS) is 11.3. The van der Waals surface area contributed by atoms with E-state index in [-0.39, 0.29) is 32.9 Å². The number of aryl methyl sites for hydroxylation is 3. The number of aromatic nitrogens is 1. The smallest absolute Gasteiger partial charge is 0.265 e. The van der Waals surface area contributed by atoms with Crippen molar-refractivity contribution in [3.8, 4) is 6.07 Å². The lowest BCUT2D eigenvalue weighted by Crippen LogP contribution is -2.16. The van der Waals surface area contributed by atoms with E-state index in [1.54, 1.807) is 12.3 Å². The second-order valence-corrected chi connectivity index (χ2v) is 9.72. The summed E-state index contributed by atoms with van der Waals surface area (Å²) in [6, 6.07) is 7.23. The minimum absolute atomic E-state index is 0.0513. The van der Waals surface area contributed by atoms with E-state index in [1.165, 1.54) is 6.07 Å². The van der Waals surface area contributed by atoms with Gasteiger partial charge in [-0.2, -0.15) is 5.26 Å². The largest absolute Gasteiger partial charge is 0.336 e. The predicted octanol–water partition coefficient (Wildman–Crippen LogP) is 4.61. The average Bonchev–Trinajstić information content (AvgIpc) is 3.28. The number of carbonyl (C=O) groups is 1. The molecule has 0 aliphatic rings. The number of thiophene rings is 1. The van der Waals surface area contributed by atoms with E-state index in [1.807, 2.05) is 26.0 Å². The van der Waals surface area contributed by atoms with Gasteiger partial charge in [-0.25, -0.2) is 13.1 Å². The fourth-order valence-electron chi connectivity index (χ4n) is 3.11. The third kappa shape index (κ3) is 4.41. The van der Waals surface area contributed by atoms with Crippen LogP contribution in [0.5, 0.6) is 0 Å². The predicted molar refractivity (Wildman–Crippen MR) is 115 cm³/mol. The Bertz CT molecular complexity index is 1250. The number of benzene rings is 1. The van der Waals surface area contributed by atoms with E-state index in [4.69, 9.17) is 21.4 Å². The summed E-state index contributed by atoms with van der Waals surface area (Å²) < 4.78 is 32.8. The topological polar surface area (TPSA) is 113 Å². The summed E-state index contributed by atoms with van der Waals surface area (Å²) >= 11 is 7.04. The molecule has 0 saturated carbocycles. The van der Waals surface area contributed by atoms with E-state index in [2.05, 4.69) is 15.9 Å². The maximum absolute atomic E-state index is 13.0. The lowest BCUT2D eigenvalue weighted by Gasteiger charge is -2.12. The Morgan fingerprint density at radius 1 is 1.30 bits per heavy atom. The van der Waals surface area contributed by atoms with Gasteiger partial charge >= 0.3 is 0 Å². The molecule has 1 N–H and O–H groups in total. The molecule has 2 aromatic heterocycles. The number of nitriles is 1. The fourth-order valence-corrected chi connectivity index (χ4v) is 5.67. The lowest BCUT2D eigenvalue weighted by molar-refractivity contribution is 0.0993. The molecule has 0 saturated heterocycles. The van der Waals surface area contributed by atoms with Gasteiger partial charge < -0.3 is 4.52 Å². The number of hydrogen-bond acceptors (Lipinski definition) is 7. The molecule has 0 amide bonds. The van der Waals surface area contributed by atoms with Crippen LogP contribution in [-0.2, 0) is 22.9 Å². The van der Waals surface area contributed by atoms with Gasteiger partial charge in [-0.1, -0.05) is 28.9 Å². The van der Waals surface area contributed by atoms with Crippen molar-refractivity contribution in [2.75, 3.05) is 4.72 Å². The number of carbonyl (C=O) groups excluding carboxylic acids is 1. The van der Waals surface area contributed by atoms with Gasteiger partial charge in [-0.15, -0.1) is 11.3 Å². The Kier molecular flexibility index (Phi) is 6.31. The van der Waals surface area contributed by atoms with Crippen molar-refractivity contribution in [1.82, 2.24) is 5.16 Å². The minimum atomic E-state index is -4.10. The first-order valence-electron chi connectivity index (χ1n) is 8.85. The molecule has 1 aromatic carbocycles. The Balaban J connectivity index is 1.89. The molecule has 0 aliphatic carbocycles. The highest BCUT2D eigenvalue weighted by Crippen LogP contribution is 2.30. The van der Waals surface area contributed by atoms with Crippen LogP contribution in [0.3, 0.4) is 0 Å². The standard InChI is InChI=1S/C20H18ClN3O4S2/c1-11-8-14(4-6-22)9-12(2)15(11)10-16(25)19-17(5-7-29-19)30(26,27)24-20-18(21)13(3)23-28-20/h5,7-9,24H,4,10H2,1-3H3. The van der Waals surface area contributed by atoms with Gasteiger partial charge in [0.15, 0.2) is 5.78 Å². The molecule has 2 heterocycles. The average molecular weight is 464 g/mol. The number of nitrogens with one attached hydrogen (secondary N) is 1. The molecule has 0 unspecified atom stereocenters. The van der Waals surface area contributed by atoms with Crippen LogP contribution in [0.15, 0.2) is 33.0 Å². The molecule has 0 radical (unpaired) electrons. The third-order valence-corrected chi connectivity index (χ3v) is 7.47. The van der Waals surface area contributed by atoms with Gasteiger partial charge in [-0.05, 0) is 54.5 Å². The van der Waals surface area contributed by atoms with Crippen LogP contribution < -0.4 is 4.72 Å². The molecule has 0 aliphatic heterocycles. The Hall–Kier alpha value is -2.67. The number of hydrogen-bond donors (Lipinski definition) is 1. The van der Waals surface area contributed by atoms with Crippen molar-refractivity contribution in [2.45, 2.75) is 38.5 Å². The van der Waals surface area contributed by atoms with Crippen molar-refractivity contribution in [2.24, 2.45) is 0 Å². The zero-order chi connectivity index (χ0) is 22.1. The molecule has 30 heavy (non-hydrogen) atoms. The first kappa shape index (κ1) is 22.0. The molecule has 0 spiro atoms. The van der Waals surface area contributed by atoms with Gasteiger partial charge in [0, 0.05) is 6.42 Å². The summed E-state index contributed by atoms with van der Waals surface area (Å²) in [5.74, 6) is -0.511. The fraction of sp³-hybridized carbons (Fsp3) is 0.250. The van der Waals surface area contributed by atoms with E-state index < -0.39 is 10.0 Å². The van der Waals surface area contributed by atoms with E-state index in [9.17, 15) is 13.2 Å². The lowest BCUT2D eigenvalue weighted by atomic mass is 9.94. The van der Waals surface area contributed by atoms with Crippen molar-refractivity contribution >= 4 is 44.6 Å².